The summed E-state index contributed by atoms with van der Waals surface area (Å²) in [5.41, 5.74) is 6.54. The molecular weight excluding hydrogens is 162 g/mol. The van der Waals surface area contributed by atoms with Gasteiger partial charge in [0.25, 0.3) is 0 Å². The molecule has 1 heterocycles. The molecule has 0 amide bonds. The van der Waals surface area contributed by atoms with E-state index in [4.69, 9.17) is 8.48 Å². The first-order chi connectivity index (χ1) is 7.09. The zero-order valence-corrected chi connectivity index (χ0v) is 7.01. The predicted octanol–water partition coefficient (Wildman–Crippen LogP) is 1.33. The van der Waals surface area contributed by atoms with Crippen LogP contribution in [0.4, 0.5) is 0 Å². The minimum Gasteiger partial charge on any atom is -0.326 e. The minimum atomic E-state index is -1.86. The SMILES string of the molecule is [2H]C([2H])(N)c1ccccc1-n1cccn1. The van der Waals surface area contributed by atoms with E-state index < -0.39 is 6.50 Å². The van der Waals surface area contributed by atoms with Gasteiger partial charge in [0.1, 0.15) is 0 Å². The molecule has 0 aliphatic rings. The van der Waals surface area contributed by atoms with Gasteiger partial charge in [0, 0.05) is 21.6 Å². The van der Waals surface area contributed by atoms with Gasteiger partial charge in [-0.2, -0.15) is 5.10 Å². The van der Waals surface area contributed by atoms with Crippen LogP contribution in [-0.4, -0.2) is 9.78 Å². The van der Waals surface area contributed by atoms with E-state index in [9.17, 15) is 0 Å². The highest BCUT2D eigenvalue weighted by molar-refractivity contribution is 5.39. The minimum absolute atomic E-state index is 0.425. The Bertz CT molecular complexity index is 446. The van der Waals surface area contributed by atoms with Gasteiger partial charge < -0.3 is 5.73 Å². The summed E-state index contributed by atoms with van der Waals surface area (Å²) in [6, 6.07) is 8.81. The van der Waals surface area contributed by atoms with Crippen molar-refractivity contribution in [3.8, 4) is 5.69 Å². The molecule has 1 aromatic carbocycles. The summed E-state index contributed by atoms with van der Waals surface area (Å²) in [4.78, 5) is 0. The number of nitrogens with zero attached hydrogens (tertiary/aromatic N) is 2. The third-order valence-electron chi connectivity index (χ3n) is 1.81. The van der Waals surface area contributed by atoms with Crippen LogP contribution in [0.3, 0.4) is 0 Å². The van der Waals surface area contributed by atoms with Crippen molar-refractivity contribution in [2.75, 3.05) is 0 Å². The number of benzene rings is 1. The van der Waals surface area contributed by atoms with E-state index in [0.717, 1.165) is 0 Å². The molecule has 0 spiro atoms. The highest BCUT2D eigenvalue weighted by Crippen LogP contribution is 2.11. The summed E-state index contributed by atoms with van der Waals surface area (Å²) in [5, 5.41) is 4.06. The van der Waals surface area contributed by atoms with Crippen molar-refractivity contribution >= 4 is 0 Å². The molecule has 0 atom stereocenters. The second kappa shape index (κ2) is 3.41. The van der Waals surface area contributed by atoms with Crippen molar-refractivity contribution in [3.63, 3.8) is 0 Å². The molecule has 0 radical (unpaired) electrons. The Hall–Kier alpha value is -1.61. The van der Waals surface area contributed by atoms with E-state index in [1.54, 1.807) is 41.3 Å². The van der Waals surface area contributed by atoms with Crippen molar-refractivity contribution < 1.29 is 2.74 Å². The molecule has 0 aliphatic carbocycles. The summed E-state index contributed by atoms with van der Waals surface area (Å²) in [6.07, 6.45) is 3.40. The average Bonchev–Trinajstić information content (AvgIpc) is 2.69. The van der Waals surface area contributed by atoms with Crippen molar-refractivity contribution in [2.24, 2.45) is 5.73 Å². The Balaban J connectivity index is 2.58. The van der Waals surface area contributed by atoms with Crippen LogP contribution in [0.5, 0.6) is 0 Å². The summed E-state index contributed by atoms with van der Waals surface area (Å²) in [6.45, 7) is -1.86. The van der Waals surface area contributed by atoms with Gasteiger partial charge in [0.15, 0.2) is 0 Å². The summed E-state index contributed by atoms with van der Waals surface area (Å²) in [7, 11) is 0. The molecule has 0 aliphatic heterocycles. The van der Waals surface area contributed by atoms with E-state index in [1.165, 1.54) is 0 Å². The molecule has 0 fully saturated rings. The Morgan fingerprint density at radius 1 is 1.38 bits per heavy atom. The molecule has 0 saturated heterocycles. The second-order valence-corrected chi connectivity index (χ2v) is 2.61. The van der Waals surface area contributed by atoms with E-state index >= 15 is 0 Å². The standard InChI is InChI=1S/C10H11N3/c11-8-9-4-1-2-5-10(9)13-7-3-6-12-13/h1-7H,8,11H2/i8D2. The number of hydrogen-bond acceptors (Lipinski definition) is 2. The molecular formula is C10H11N3. The van der Waals surface area contributed by atoms with Crippen LogP contribution in [0, 0.1) is 0 Å². The Morgan fingerprint density at radius 2 is 2.23 bits per heavy atom. The first kappa shape index (κ1) is 5.94. The van der Waals surface area contributed by atoms with E-state index in [1.807, 2.05) is 6.07 Å². The lowest BCUT2D eigenvalue weighted by Crippen LogP contribution is -2.04. The van der Waals surface area contributed by atoms with Crippen LogP contribution in [0.15, 0.2) is 42.7 Å². The average molecular weight is 175 g/mol. The fourth-order valence-corrected chi connectivity index (χ4v) is 1.21. The Labute approximate surface area is 79.6 Å². The van der Waals surface area contributed by atoms with Crippen molar-refractivity contribution in [1.29, 1.82) is 0 Å². The largest absolute Gasteiger partial charge is 0.326 e. The molecule has 0 saturated carbocycles. The second-order valence-electron chi connectivity index (χ2n) is 2.61. The lowest BCUT2D eigenvalue weighted by molar-refractivity contribution is 0.858. The number of aromatic nitrogens is 2. The van der Waals surface area contributed by atoms with Gasteiger partial charge in [0.2, 0.25) is 0 Å². The lowest BCUT2D eigenvalue weighted by Gasteiger charge is -2.06. The van der Waals surface area contributed by atoms with Crippen LogP contribution >= 0.6 is 0 Å². The van der Waals surface area contributed by atoms with Crippen molar-refractivity contribution in [2.45, 2.75) is 6.50 Å². The number of nitrogens with two attached hydrogens (primary N) is 1. The van der Waals surface area contributed by atoms with Gasteiger partial charge in [0.05, 0.1) is 5.69 Å². The maximum Gasteiger partial charge on any atom is 0.0690 e. The smallest absolute Gasteiger partial charge is 0.0690 e. The molecule has 66 valence electrons. The quantitative estimate of drug-likeness (QED) is 0.748. The fraction of sp³-hybridized carbons (Fsp3) is 0.100. The van der Waals surface area contributed by atoms with E-state index in [0.29, 0.717) is 11.3 Å². The maximum atomic E-state index is 7.52. The zero-order valence-electron chi connectivity index (χ0n) is 9.01. The molecule has 3 nitrogen and oxygen atoms in total. The van der Waals surface area contributed by atoms with Crippen LogP contribution in [-0.2, 0) is 6.50 Å². The fourth-order valence-electron chi connectivity index (χ4n) is 1.21. The monoisotopic (exact) mass is 175 g/mol. The number of para-hydroxylation sites is 1. The first-order valence-corrected chi connectivity index (χ1v) is 3.97. The van der Waals surface area contributed by atoms with Gasteiger partial charge in [-0.25, -0.2) is 4.68 Å². The topological polar surface area (TPSA) is 43.8 Å². The molecule has 2 N–H and O–H groups in total. The van der Waals surface area contributed by atoms with E-state index in [2.05, 4.69) is 5.10 Å². The molecule has 2 rings (SSSR count). The summed E-state index contributed by atoms with van der Waals surface area (Å²) < 4.78 is 16.6. The lowest BCUT2D eigenvalue weighted by atomic mass is 10.2. The molecule has 1 aromatic heterocycles. The highest BCUT2D eigenvalue weighted by atomic mass is 15.3. The van der Waals surface area contributed by atoms with E-state index in [-0.39, 0.29) is 0 Å². The molecule has 3 heteroatoms. The highest BCUT2D eigenvalue weighted by Gasteiger charge is 2.00. The molecule has 2 aromatic rings. The van der Waals surface area contributed by atoms with Crippen LogP contribution in [0.1, 0.15) is 8.30 Å². The third kappa shape index (κ3) is 1.46. The maximum absolute atomic E-state index is 7.52. The van der Waals surface area contributed by atoms with Gasteiger partial charge >= 0.3 is 0 Å². The molecule has 0 bridgehead atoms. The van der Waals surface area contributed by atoms with Gasteiger partial charge in [-0.05, 0) is 17.7 Å². The molecule has 0 unspecified atom stereocenters. The first-order valence-electron chi connectivity index (χ1n) is 4.97. The normalized spacial score (nSPS) is 13.6. The Morgan fingerprint density at radius 3 is 2.92 bits per heavy atom. The van der Waals surface area contributed by atoms with Crippen LogP contribution in [0.2, 0.25) is 0 Å². The van der Waals surface area contributed by atoms with Crippen molar-refractivity contribution in [1.82, 2.24) is 9.78 Å². The predicted molar refractivity (Wildman–Crippen MR) is 51.5 cm³/mol. The van der Waals surface area contributed by atoms with Crippen LogP contribution in [0.25, 0.3) is 5.69 Å². The van der Waals surface area contributed by atoms with Gasteiger partial charge in [-0.1, -0.05) is 18.2 Å². The third-order valence-corrected chi connectivity index (χ3v) is 1.81. The number of hydrogen-bond donors (Lipinski definition) is 1. The van der Waals surface area contributed by atoms with Crippen LogP contribution < -0.4 is 5.73 Å². The zero-order chi connectivity index (χ0) is 10.9. The summed E-state index contributed by atoms with van der Waals surface area (Å²) >= 11 is 0. The molecule has 13 heavy (non-hydrogen) atoms. The van der Waals surface area contributed by atoms with Crippen molar-refractivity contribution in [3.05, 3.63) is 48.3 Å². The van der Waals surface area contributed by atoms with Gasteiger partial charge in [-0.15, -0.1) is 0 Å². The Kier molecular flexibility index (Phi) is 1.56. The number of rotatable bonds is 2. The summed E-state index contributed by atoms with van der Waals surface area (Å²) in [5.74, 6) is 0. The van der Waals surface area contributed by atoms with Gasteiger partial charge in [-0.3, -0.25) is 0 Å².